The molecule has 1 unspecified atom stereocenters. The fraction of sp³-hybridized carbons (Fsp3) is 0.867. The van der Waals surface area contributed by atoms with Gasteiger partial charge in [-0.1, -0.05) is 0 Å². The van der Waals surface area contributed by atoms with Gasteiger partial charge in [-0.2, -0.15) is 0 Å². The molecule has 0 bridgehead atoms. The smallest absolute Gasteiger partial charge is 0.226 e. The Kier molecular flexibility index (Phi) is 5.40. The van der Waals surface area contributed by atoms with Crippen molar-refractivity contribution in [2.75, 3.05) is 26.2 Å². The number of carbonyl (C=O) groups excluding carboxylic acids is 2. The fourth-order valence-electron chi connectivity index (χ4n) is 3.43. The lowest BCUT2D eigenvalue weighted by Gasteiger charge is -2.34. The molecule has 5 heteroatoms. The lowest BCUT2D eigenvalue weighted by molar-refractivity contribution is -0.140. The van der Waals surface area contributed by atoms with Gasteiger partial charge in [0.1, 0.15) is 0 Å². The Morgan fingerprint density at radius 3 is 2.45 bits per heavy atom. The third-order valence-corrected chi connectivity index (χ3v) is 4.65. The highest BCUT2D eigenvalue weighted by Gasteiger charge is 2.34. The van der Waals surface area contributed by atoms with Crippen molar-refractivity contribution in [2.45, 2.75) is 51.5 Å². The fourth-order valence-corrected chi connectivity index (χ4v) is 3.43. The molecular formula is C15H26N2O3. The molecule has 2 heterocycles. The van der Waals surface area contributed by atoms with Crippen LogP contribution in [0.25, 0.3) is 0 Å². The molecular weight excluding hydrogens is 256 g/mol. The summed E-state index contributed by atoms with van der Waals surface area (Å²) in [6.07, 6.45) is 5.42. The first kappa shape index (κ1) is 15.3. The predicted octanol–water partition coefficient (Wildman–Crippen LogP) is 1.01. The minimum Gasteiger partial charge on any atom is -0.396 e. The summed E-state index contributed by atoms with van der Waals surface area (Å²) in [4.78, 5) is 27.8. The standard InChI is InChI=1S/C15H26N2O3/c1-12(19)16-9-6-13(7-10-16)15(20)17-8-2-4-14(17)5-3-11-18/h13-14,18H,2-11H2,1H3. The van der Waals surface area contributed by atoms with E-state index in [1.54, 1.807) is 6.92 Å². The van der Waals surface area contributed by atoms with Crippen molar-refractivity contribution in [3.63, 3.8) is 0 Å². The van der Waals surface area contributed by atoms with Crippen molar-refractivity contribution in [1.82, 2.24) is 9.80 Å². The Labute approximate surface area is 120 Å². The van der Waals surface area contributed by atoms with Crippen LogP contribution in [0.5, 0.6) is 0 Å². The van der Waals surface area contributed by atoms with Gasteiger partial charge in [-0.05, 0) is 38.5 Å². The van der Waals surface area contributed by atoms with E-state index in [9.17, 15) is 9.59 Å². The third kappa shape index (κ3) is 3.51. The predicted molar refractivity (Wildman–Crippen MR) is 76.0 cm³/mol. The normalized spacial score (nSPS) is 24.2. The van der Waals surface area contributed by atoms with E-state index in [1.807, 2.05) is 9.80 Å². The molecule has 1 N–H and O–H groups in total. The zero-order valence-electron chi connectivity index (χ0n) is 12.4. The van der Waals surface area contributed by atoms with Gasteiger partial charge in [0.15, 0.2) is 0 Å². The number of hydrogen-bond donors (Lipinski definition) is 1. The summed E-state index contributed by atoms with van der Waals surface area (Å²) in [5, 5.41) is 8.94. The average Bonchev–Trinajstić information content (AvgIpc) is 2.92. The number of likely N-dealkylation sites (tertiary alicyclic amines) is 2. The minimum absolute atomic E-state index is 0.0836. The van der Waals surface area contributed by atoms with E-state index < -0.39 is 0 Å². The Hall–Kier alpha value is -1.10. The van der Waals surface area contributed by atoms with Crippen molar-refractivity contribution in [2.24, 2.45) is 5.92 Å². The average molecular weight is 282 g/mol. The molecule has 0 aromatic heterocycles. The molecule has 0 aromatic rings. The number of hydrogen-bond acceptors (Lipinski definition) is 3. The van der Waals surface area contributed by atoms with Gasteiger partial charge in [-0.25, -0.2) is 0 Å². The van der Waals surface area contributed by atoms with Gasteiger partial charge in [-0.15, -0.1) is 0 Å². The summed E-state index contributed by atoms with van der Waals surface area (Å²) >= 11 is 0. The van der Waals surface area contributed by atoms with Crippen LogP contribution < -0.4 is 0 Å². The zero-order chi connectivity index (χ0) is 14.5. The van der Waals surface area contributed by atoms with Crippen LogP contribution in [0, 0.1) is 5.92 Å². The summed E-state index contributed by atoms with van der Waals surface area (Å²) < 4.78 is 0. The second-order valence-corrected chi connectivity index (χ2v) is 5.97. The molecule has 0 saturated carbocycles. The molecule has 2 amide bonds. The minimum atomic E-state index is 0.0836. The number of carbonyl (C=O) groups is 2. The first-order chi connectivity index (χ1) is 9.63. The number of aliphatic hydroxyl groups is 1. The van der Waals surface area contributed by atoms with Crippen LogP contribution >= 0.6 is 0 Å². The topological polar surface area (TPSA) is 60.9 Å². The highest BCUT2D eigenvalue weighted by atomic mass is 16.3. The SMILES string of the molecule is CC(=O)N1CCC(C(=O)N2CCCC2CCCO)CC1. The van der Waals surface area contributed by atoms with E-state index >= 15 is 0 Å². The largest absolute Gasteiger partial charge is 0.396 e. The third-order valence-electron chi connectivity index (χ3n) is 4.65. The molecule has 114 valence electrons. The Morgan fingerprint density at radius 2 is 1.85 bits per heavy atom. The van der Waals surface area contributed by atoms with E-state index in [2.05, 4.69) is 0 Å². The van der Waals surface area contributed by atoms with Gasteiger partial charge in [0.25, 0.3) is 0 Å². The van der Waals surface area contributed by atoms with Crippen molar-refractivity contribution >= 4 is 11.8 Å². The van der Waals surface area contributed by atoms with Crippen LogP contribution in [-0.2, 0) is 9.59 Å². The summed E-state index contributed by atoms with van der Waals surface area (Å²) in [5.41, 5.74) is 0. The van der Waals surface area contributed by atoms with Crippen molar-refractivity contribution in [3.05, 3.63) is 0 Å². The van der Waals surface area contributed by atoms with Crippen LogP contribution in [-0.4, -0.2) is 59.0 Å². The molecule has 0 radical (unpaired) electrons. The zero-order valence-corrected chi connectivity index (χ0v) is 12.4. The molecule has 0 aliphatic carbocycles. The van der Waals surface area contributed by atoms with E-state index in [4.69, 9.17) is 5.11 Å². The number of rotatable bonds is 4. The maximum absolute atomic E-state index is 12.6. The summed E-state index contributed by atoms with van der Waals surface area (Å²) in [5.74, 6) is 0.465. The molecule has 1 atom stereocenters. The van der Waals surface area contributed by atoms with E-state index in [1.165, 1.54) is 0 Å². The van der Waals surface area contributed by atoms with Crippen molar-refractivity contribution in [1.29, 1.82) is 0 Å². The van der Waals surface area contributed by atoms with Gasteiger partial charge in [-0.3, -0.25) is 9.59 Å². The quantitative estimate of drug-likeness (QED) is 0.837. The monoisotopic (exact) mass is 282 g/mol. The molecule has 0 aromatic carbocycles. The molecule has 2 saturated heterocycles. The number of piperidine rings is 1. The van der Waals surface area contributed by atoms with Crippen molar-refractivity contribution < 1.29 is 14.7 Å². The Bertz CT molecular complexity index is 351. The van der Waals surface area contributed by atoms with E-state index in [-0.39, 0.29) is 24.3 Å². The molecule has 2 fully saturated rings. The molecule has 2 aliphatic heterocycles. The van der Waals surface area contributed by atoms with E-state index in [0.717, 1.165) is 45.1 Å². The lowest BCUT2D eigenvalue weighted by atomic mass is 9.94. The maximum Gasteiger partial charge on any atom is 0.226 e. The van der Waals surface area contributed by atoms with E-state index in [0.29, 0.717) is 19.1 Å². The van der Waals surface area contributed by atoms with Gasteiger partial charge in [0.2, 0.25) is 11.8 Å². The van der Waals surface area contributed by atoms with Gasteiger partial charge in [0, 0.05) is 45.1 Å². The summed E-state index contributed by atoms with van der Waals surface area (Å²) in [6, 6.07) is 0.320. The van der Waals surface area contributed by atoms with Crippen molar-refractivity contribution in [3.8, 4) is 0 Å². The highest BCUT2D eigenvalue weighted by Crippen LogP contribution is 2.27. The number of amides is 2. The highest BCUT2D eigenvalue weighted by molar-refractivity contribution is 5.80. The Balaban J connectivity index is 1.86. The van der Waals surface area contributed by atoms with Crippen LogP contribution in [0.2, 0.25) is 0 Å². The number of nitrogens with zero attached hydrogens (tertiary/aromatic N) is 2. The molecule has 5 nitrogen and oxygen atoms in total. The first-order valence-electron chi connectivity index (χ1n) is 7.80. The molecule has 0 spiro atoms. The molecule has 20 heavy (non-hydrogen) atoms. The van der Waals surface area contributed by atoms with Gasteiger partial charge < -0.3 is 14.9 Å². The van der Waals surface area contributed by atoms with Crippen LogP contribution in [0.1, 0.15) is 45.4 Å². The summed E-state index contributed by atoms with van der Waals surface area (Å²) in [6.45, 7) is 4.08. The van der Waals surface area contributed by atoms with Crippen LogP contribution in [0.3, 0.4) is 0 Å². The lowest BCUT2D eigenvalue weighted by Crippen LogP contribution is -2.45. The second kappa shape index (κ2) is 7.07. The Morgan fingerprint density at radius 1 is 1.15 bits per heavy atom. The molecule has 2 rings (SSSR count). The maximum atomic E-state index is 12.6. The summed E-state index contributed by atoms with van der Waals surface area (Å²) in [7, 11) is 0. The second-order valence-electron chi connectivity index (χ2n) is 5.97. The molecule has 2 aliphatic rings. The van der Waals surface area contributed by atoms with Crippen LogP contribution in [0.15, 0.2) is 0 Å². The van der Waals surface area contributed by atoms with Gasteiger partial charge in [0.05, 0.1) is 0 Å². The van der Waals surface area contributed by atoms with Gasteiger partial charge >= 0.3 is 0 Å². The van der Waals surface area contributed by atoms with Crippen LogP contribution in [0.4, 0.5) is 0 Å². The number of aliphatic hydroxyl groups excluding tert-OH is 1. The first-order valence-corrected chi connectivity index (χ1v) is 7.80.